The first kappa shape index (κ1) is 13.3. The minimum Gasteiger partial charge on any atom is -0.300 e. The van der Waals surface area contributed by atoms with E-state index in [0.29, 0.717) is 18.1 Å². The largest absolute Gasteiger partial charge is 0.300 e. The molecule has 1 aromatic carbocycles. The second-order valence-corrected chi connectivity index (χ2v) is 6.77. The number of rotatable bonds is 3. The van der Waals surface area contributed by atoms with Crippen molar-refractivity contribution in [2.24, 2.45) is 5.41 Å². The third kappa shape index (κ3) is 3.44. The lowest BCUT2D eigenvalue weighted by Crippen LogP contribution is -2.18. The van der Waals surface area contributed by atoms with Gasteiger partial charge in [-0.3, -0.25) is 4.79 Å². The average molecular weight is 244 g/mol. The van der Waals surface area contributed by atoms with Crippen LogP contribution in [0, 0.1) is 5.41 Å². The van der Waals surface area contributed by atoms with Crippen LogP contribution in [0.15, 0.2) is 24.3 Å². The Balaban J connectivity index is 2.05. The Morgan fingerprint density at radius 3 is 2.72 bits per heavy atom. The highest BCUT2D eigenvalue weighted by Gasteiger charge is 2.24. The van der Waals surface area contributed by atoms with Gasteiger partial charge in [0.05, 0.1) is 0 Å². The summed E-state index contributed by atoms with van der Waals surface area (Å²) in [6.45, 7) is 6.42. The van der Waals surface area contributed by atoms with Gasteiger partial charge >= 0.3 is 0 Å². The van der Waals surface area contributed by atoms with Gasteiger partial charge in [-0.1, -0.05) is 45.0 Å². The van der Waals surface area contributed by atoms with Gasteiger partial charge in [-0.25, -0.2) is 0 Å². The molecule has 0 amide bonds. The van der Waals surface area contributed by atoms with E-state index in [1.807, 2.05) is 0 Å². The van der Waals surface area contributed by atoms with Gasteiger partial charge in [0.15, 0.2) is 0 Å². The molecule has 1 atom stereocenters. The molecule has 0 spiro atoms. The maximum atomic E-state index is 12.1. The zero-order chi connectivity index (χ0) is 13.2. The lowest BCUT2D eigenvalue weighted by molar-refractivity contribution is -0.121. The van der Waals surface area contributed by atoms with Crippen LogP contribution in [-0.2, 0) is 11.2 Å². The monoisotopic (exact) mass is 244 g/mol. The zero-order valence-electron chi connectivity index (χ0n) is 11.8. The van der Waals surface area contributed by atoms with Gasteiger partial charge in [0.1, 0.15) is 5.78 Å². The number of ketones is 1. The standard InChI is InChI=1S/C17H24O/c1-17(2,3)12-15(18)11-14-9-6-8-13-7-4-5-10-16(13)14/h4-5,7,10,14H,6,8-9,11-12H2,1-3H3. The van der Waals surface area contributed by atoms with Gasteiger partial charge in [-0.15, -0.1) is 0 Å². The van der Waals surface area contributed by atoms with Gasteiger partial charge in [-0.2, -0.15) is 0 Å². The minimum atomic E-state index is 0.116. The van der Waals surface area contributed by atoms with E-state index in [4.69, 9.17) is 0 Å². The fourth-order valence-corrected chi connectivity index (χ4v) is 3.01. The molecule has 1 nitrogen and oxygen atoms in total. The molecule has 0 radical (unpaired) electrons. The lowest BCUT2D eigenvalue weighted by Gasteiger charge is -2.26. The van der Waals surface area contributed by atoms with E-state index in [2.05, 4.69) is 45.0 Å². The van der Waals surface area contributed by atoms with Crippen LogP contribution in [-0.4, -0.2) is 5.78 Å². The van der Waals surface area contributed by atoms with Gasteiger partial charge in [0.25, 0.3) is 0 Å². The van der Waals surface area contributed by atoms with E-state index < -0.39 is 0 Å². The predicted octanol–water partition coefficient (Wildman–Crippen LogP) is 4.50. The highest BCUT2D eigenvalue weighted by molar-refractivity contribution is 5.80. The summed E-state index contributed by atoms with van der Waals surface area (Å²) >= 11 is 0. The number of hydrogen-bond acceptors (Lipinski definition) is 1. The number of benzene rings is 1. The van der Waals surface area contributed by atoms with Crippen LogP contribution in [0.3, 0.4) is 0 Å². The molecule has 98 valence electrons. The van der Waals surface area contributed by atoms with Gasteiger partial charge < -0.3 is 0 Å². The number of aryl methyl sites for hydroxylation is 1. The van der Waals surface area contributed by atoms with Crippen molar-refractivity contribution in [3.05, 3.63) is 35.4 Å². The molecule has 0 N–H and O–H groups in total. The molecule has 0 heterocycles. The van der Waals surface area contributed by atoms with Crippen LogP contribution in [0.25, 0.3) is 0 Å². The normalized spacial score (nSPS) is 19.4. The Morgan fingerprint density at radius 2 is 2.00 bits per heavy atom. The van der Waals surface area contributed by atoms with Crippen LogP contribution in [0.4, 0.5) is 0 Å². The molecule has 1 aromatic rings. The van der Waals surface area contributed by atoms with E-state index in [1.165, 1.54) is 30.4 Å². The van der Waals surface area contributed by atoms with Crippen LogP contribution < -0.4 is 0 Å². The summed E-state index contributed by atoms with van der Waals surface area (Å²) in [5.74, 6) is 0.883. The Hall–Kier alpha value is -1.11. The lowest BCUT2D eigenvalue weighted by atomic mass is 9.78. The van der Waals surface area contributed by atoms with Crippen molar-refractivity contribution < 1.29 is 4.79 Å². The Kier molecular flexibility index (Phi) is 3.89. The molecule has 1 unspecified atom stereocenters. The number of hydrogen-bond donors (Lipinski definition) is 0. The SMILES string of the molecule is CC(C)(C)CC(=O)CC1CCCc2ccccc21. The summed E-state index contributed by atoms with van der Waals surface area (Å²) < 4.78 is 0. The van der Waals surface area contributed by atoms with Crippen molar-refractivity contribution in [1.82, 2.24) is 0 Å². The molecular weight excluding hydrogens is 220 g/mol. The smallest absolute Gasteiger partial charge is 0.134 e. The van der Waals surface area contributed by atoms with Gasteiger partial charge in [-0.05, 0) is 41.7 Å². The fourth-order valence-electron chi connectivity index (χ4n) is 3.01. The van der Waals surface area contributed by atoms with Crippen molar-refractivity contribution in [3.8, 4) is 0 Å². The third-order valence-corrected chi connectivity index (χ3v) is 3.70. The first-order valence-corrected chi connectivity index (χ1v) is 7.05. The minimum absolute atomic E-state index is 0.116. The third-order valence-electron chi connectivity index (χ3n) is 3.70. The van der Waals surface area contributed by atoms with E-state index in [-0.39, 0.29) is 5.41 Å². The summed E-state index contributed by atoms with van der Waals surface area (Å²) in [5, 5.41) is 0. The Labute approximate surface area is 111 Å². The highest BCUT2D eigenvalue weighted by Crippen LogP contribution is 2.35. The van der Waals surface area contributed by atoms with E-state index in [1.54, 1.807) is 0 Å². The second kappa shape index (κ2) is 5.26. The molecule has 0 fully saturated rings. The molecule has 1 heteroatoms. The summed E-state index contributed by atoms with van der Waals surface area (Å²) in [6, 6.07) is 8.64. The van der Waals surface area contributed by atoms with E-state index >= 15 is 0 Å². The highest BCUT2D eigenvalue weighted by atomic mass is 16.1. The number of carbonyl (C=O) groups excluding carboxylic acids is 1. The maximum Gasteiger partial charge on any atom is 0.134 e. The first-order chi connectivity index (χ1) is 8.46. The molecule has 0 saturated carbocycles. The summed E-state index contributed by atoms with van der Waals surface area (Å²) in [7, 11) is 0. The maximum absolute atomic E-state index is 12.1. The summed E-state index contributed by atoms with van der Waals surface area (Å²) in [5.41, 5.74) is 2.99. The average Bonchev–Trinajstić information content (AvgIpc) is 2.27. The van der Waals surface area contributed by atoms with Crippen molar-refractivity contribution in [1.29, 1.82) is 0 Å². The Bertz CT molecular complexity index is 425. The first-order valence-electron chi connectivity index (χ1n) is 7.05. The fraction of sp³-hybridized carbons (Fsp3) is 0.588. The molecule has 0 bridgehead atoms. The van der Waals surface area contributed by atoms with Crippen LogP contribution in [0.5, 0.6) is 0 Å². The van der Waals surface area contributed by atoms with Crippen molar-refractivity contribution in [2.45, 2.75) is 58.8 Å². The molecule has 0 saturated heterocycles. The molecule has 2 rings (SSSR count). The molecule has 0 aliphatic heterocycles. The quantitative estimate of drug-likeness (QED) is 0.765. The van der Waals surface area contributed by atoms with Gasteiger partial charge in [0.2, 0.25) is 0 Å². The Morgan fingerprint density at radius 1 is 1.28 bits per heavy atom. The van der Waals surface area contributed by atoms with Gasteiger partial charge in [0, 0.05) is 12.8 Å². The topological polar surface area (TPSA) is 17.1 Å². The second-order valence-electron chi connectivity index (χ2n) is 6.77. The summed E-state index contributed by atoms with van der Waals surface area (Å²) in [4.78, 5) is 12.1. The number of fused-ring (bicyclic) bond motifs is 1. The van der Waals surface area contributed by atoms with Crippen LogP contribution in [0.1, 0.15) is 63.5 Å². The molecular formula is C17H24O. The van der Waals surface area contributed by atoms with Crippen LogP contribution >= 0.6 is 0 Å². The number of Topliss-reactive ketones (excluding diaryl/α,β-unsaturated/α-hetero) is 1. The molecule has 1 aliphatic rings. The van der Waals surface area contributed by atoms with Crippen LogP contribution in [0.2, 0.25) is 0 Å². The molecule has 0 aromatic heterocycles. The summed E-state index contributed by atoms with van der Waals surface area (Å²) in [6.07, 6.45) is 5.01. The van der Waals surface area contributed by atoms with Crippen molar-refractivity contribution >= 4 is 5.78 Å². The van der Waals surface area contributed by atoms with Crippen molar-refractivity contribution in [2.75, 3.05) is 0 Å². The number of carbonyl (C=O) groups is 1. The predicted molar refractivity (Wildman–Crippen MR) is 75.8 cm³/mol. The molecule has 18 heavy (non-hydrogen) atoms. The molecule has 1 aliphatic carbocycles. The van der Waals surface area contributed by atoms with Crippen molar-refractivity contribution in [3.63, 3.8) is 0 Å². The van der Waals surface area contributed by atoms with E-state index in [9.17, 15) is 4.79 Å². The van der Waals surface area contributed by atoms with E-state index in [0.717, 1.165) is 6.42 Å². The zero-order valence-corrected chi connectivity index (χ0v) is 11.8.